The van der Waals surface area contributed by atoms with Crippen LogP contribution < -0.4 is 19.8 Å². The van der Waals surface area contributed by atoms with E-state index in [4.69, 9.17) is 15.9 Å². The van der Waals surface area contributed by atoms with Crippen LogP contribution in [0.1, 0.15) is 5.56 Å². The van der Waals surface area contributed by atoms with E-state index in [1.54, 1.807) is 24.3 Å². The molecule has 31 heavy (non-hydrogen) atoms. The van der Waals surface area contributed by atoms with E-state index in [1.807, 2.05) is 36.4 Å². The highest BCUT2D eigenvalue weighted by Crippen LogP contribution is 2.31. The van der Waals surface area contributed by atoms with Gasteiger partial charge in [-0.2, -0.15) is 5.10 Å². The van der Waals surface area contributed by atoms with E-state index in [9.17, 15) is 9.59 Å². The van der Waals surface area contributed by atoms with Gasteiger partial charge in [-0.05, 0) is 29.0 Å². The molecule has 0 radical (unpaired) electrons. The minimum Gasteiger partial charge on any atom is -0.482 e. The molecule has 0 saturated heterocycles. The summed E-state index contributed by atoms with van der Waals surface area (Å²) in [6.45, 7) is -0.171. The highest BCUT2D eigenvalue weighted by molar-refractivity contribution is 6.04. The highest BCUT2D eigenvalue weighted by Gasteiger charge is 2.26. The first-order valence-electron chi connectivity index (χ1n) is 9.59. The molecule has 0 fully saturated rings. The van der Waals surface area contributed by atoms with Crippen LogP contribution in [0.15, 0.2) is 65.8 Å². The van der Waals surface area contributed by atoms with Crippen molar-refractivity contribution in [3.05, 3.63) is 66.2 Å². The van der Waals surface area contributed by atoms with Crippen molar-refractivity contribution in [1.29, 1.82) is 0 Å². The maximum atomic E-state index is 12.5. The summed E-state index contributed by atoms with van der Waals surface area (Å²) in [7, 11) is 0. The largest absolute Gasteiger partial charge is 0.482 e. The molecule has 1 heterocycles. The van der Waals surface area contributed by atoms with Gasteiger partial charge in [-0.25, -0.2) is 5.43 Å². The standard InChI is InChI=1S/C24H19N3O4/c1-2-13-30-21-12-11-17-7-3-4-8-18(17)19(21)14-25-26-23(28)15-27-20-9-5-6-10-22(20)31-16-24(27)29/h1,3-12,14H,13,15-16H2,(H,26,28)/b25-14-. The molecule has 0 atom stereocenters. The number of amides is 2. The van der Waals surface area contributed by atoms with Crippen LogP contribution in [-0.2, 0) is 9.59 Å². The lowest BCUT2D eigenvalue weighted by molar-refractivity contribution is -0.125. The highest BCUT2D eigenvalue weighted by atomic mass is 16.5. The van der Waals surface area contributed by atoms with E-state index in [0.29, 0.717) is 22.7 Å². The fourth-order valence-corrected chi connectivity index (χ4v) is 3.33. The first-order valence-corrected chi connectivity index (χ1v) is 9.59. The molecule has 7 heteroatoms. The van der Waals surface area contributed by atoms with Gasteiger partial charge in [0.15, 0.2) is 6.61 Å². The van der Waals surface area contributed by atoms with E-state index in [1.165, 1.54) is 11.1 Å². The van der Waals surface area contributed by atoms with Gasteiger partial charge >= 0.3 is 0 Å². The van der Waals surface area contributed by atoms with Crippen molar-refractivity contribution in [3.8, 4) is 23.8 Å². The van der Waals surface area contributed by atoms with E-state index in [-0.39, 0.29) is 25.7 Å². The van der Waals surface area contributed by atoms with Gasteiger partial charge in [-0.3, -0.25) is 14.5 Å². The lowest BCUT2D eigenvalue weighted by atomic mass is 10.0. The molecule has 3 aromatic carbocycles. The zero-order valence-electron chi connectivity index (χ0n) is 16.6. The molecule has 1 N–H and O–H groups in total. The van der Waals surface area contributed by atoms with Crippen LogP contribution in [-0.4, -0.2) is 37.8 Å². The number of terminal acetylenes is 1. The minimum atomic E-state index is -0.437. The van der Waals surface area contributed by atoms with Crippen LogP contribution in [0, 0.1) is 12.3 Å². The van der Waals surface area contributed by atoms with Crippen LogP contribution in [0.25, 0.3) is 10.8 Å². The maximum Gasteiger partial charge on any atom is 0.265 e. The molecule has 3 aromatic rings. The second-order valence-corrected chi connectivity index (χ2v) is 6.72. The quantitative estimate of drug-likeness (QED) is 0.383. The Morgan fingerprint density at radius 3 is 2.87 bits per heavy atom. The Kier molecular flexibility index (Phi) is 5.81. The number of hydrazone groups is 1. The monoisotopic (exact) mass is 413 g/mol. The van der Waals surface area contributed by atoms with Crippen molar-refractivity contribution >= 4 is 34.5 Å². The van der Waals surface area contributed by atoms with Gasteiger partial charge in [-0.1, -0.05) is 48.4 Å². The van der Waals surface area contributed by atoms with Gasteiger partial charge in [-0.15, -0.1) is 6.42 Å². The number of ether oxygens (including phenoxy) is 2. The van der Waals surface area contributed by atoms with E-state index in [0.717, 1.165) is 10.8 Å². The van der Waals surface area contributed by atoms with Crippen LogP contribution in [0.2, 0.25) is 0 Å². The summed E-state index contributed by atoms with van der Waals surface area (Å²) in [6, 6.07) is 18.6. The van der Waals surface area contributed by atoms with Gasteiger partial charge in [0.25, 0.3) is 11.8 Å². The van der Waals surface area contributed by atoms with Crippen molar-refractivity contribution < 1.29 is 19.1 Å². The summed E-state index contributed by atoms with van der Waals surface area (Å²) < 4.78 is 11.0. The predicted octanol–water partition coefficient (Wildman–Crippen LogP) is 2.73. The van der Waals surface area contributed by atoms with Crippen LogP contribution in [0.5, 0.6) is 11.5 Å². The third kappa shape index (κ3) is 4.33. The molecule has 0 aromatic heterocycles. The molecule has 7 nitrogen and oxygen atoms in total. The average molecular weight is 413 g/mol. The molecule has 0 saturated carbocycles. The van der Waals surface area contributed by atoms with Crippen LogP contribution >= 0.6 is 0 Å². The van der Waals surface area contributed by atoms with Crippen molar-refractivity contribution in [2.45, 2.75) is 0 Å². The fourth-order valence-electron chi connectivity index (χ4n) is 3.33. The van der Waals surface area contributed by atoms with E-state index >= 15 is 0 Å². The smallest absolute Gasteiger partial charge is 0.265 e. The number of carbonyl (C=O) groups is 2. The Balaban J connectivity index is 1.51. The van der Waals surface area contributed by atoms with Crippen molar-refractivity contribution in [3.63, 3.8) is 0 Å². The average Bonchev–Trinajstić information content (AvgIpc) is 2.80. The summed E-state index contributed by atoms with van der Waals surface area (Å²) in [5, 5.41) is 5.99. The molecule has 154 valence electrons. The summed E-state index contributed by atoms with van der Waals surface area (Å²) in [5.41, 5.74) is 3.73. The predicted molar refractivity (Wildman–Crippen MR) is 118 cm³/mol. The first kappa shape index (κ1) is 20.0. The zero-order chi connectivity index (χ0) is 21.6. The number of para-hydroxylation sites is 2. The number of hydrogen-bond acceptors (Lipinski definition) is 5. The minimum absolute atomic E-state index is 0.112. The van der Waals surface area contributed by atoms with Crippen molar-refractivity contribution in [2.24, 2.45) is 5.10 Å². The van der Waals surface area contributed by atoms with Gasteiger partial charge in [0.2, 0.25) is 0 Å². The molecule has 1 aliphatic rings. The second-order valence-electron chi connectivity index (χ2n) is 6.72. The molecular formula is C24H19N3O4. The molecule has 0 spiro atoms. The number of rotatable bonds is 6. The topological polar surface area (TPSA) is 80.2 Å². The summed E-state index contributed by atoms with van der Waals surface area (Å²) >= 11 is 0. The van der Waals surface area contributed by atoms with Crippen LogP contribution in [0.3, 0.4) is 0 Å². The number of nitrogens with zero attached hydrogens (tertiary/aromatic N) is 2. The van der Waals surface area contributed by atoms with Crippen molar-refractivity contribution in [1.82, 2.24) is 5.43 Å². The SMILES string of the molecule is C#CCOc1ccc2ccccc2c1/C=N\NC(=O)CN1C(=O)COc2ccccc21. The second kappa shape index (κ2) is 9.01. The Labute approximate surface area is 179 Å². The Morgan fingerprint density at radius 1 is 1.19 bits per heavy atom. The molecule has 0 aliphatic carbocycles. The third-order valence-electron chi connectivity index (χ3n) is 4.73. The Hall–Kier alpha value is -4.31. The summed E-state index contributed by atoms with van der Waals surface area (Å²) in [6.07, 6.45) is 6.82. The molecule has 2 amide bonds. The number of hydrogen-bond donors (Lipinski definition) is 1. The number of carbonyl (C=O) groups excluding carboxylic acids is 2. The maximum absolute atomic E-state index is 12.5. The number of nitrogens with one attached hydrogen (secondary N) is 1. The number of anilines is 1. The number of fused-ring (bicyclic) bond motifs is 2. The molecule has 1 aliphatic heterocycles. The summed E-state index contributed by atoms with van der Waals surface area (Å²) in [5.74, 6) is 2.83. The molecule has 4 rings (SSSR count). The third-order valence-corrected chi connectivity index (χ3v) is 4.73. The van der Waals surface area contributed by atoms with E-state index < -0.39 is 5.91 Å². The summed E-state index contributed by atoms with van der Waals surface area (Å²) in [4.78, 5) is 26.1. The van der Waals surface area contributed by atoms with E-state index in [2.05, 4.69) is 16.4 Å². The van der Waals surface area contributed by atoms with Gasteiger partial charge in [0.1, 0.15) is 24.7 Å². The van der Waals surface area contributed by atoms with Crippen LogP contribution in [0.4, 0.5) is 5.69 Å². The number of benzene rings is 3. The normalized spacial score (nSPS) is 12.9. The molecule has 0 unspecified atom stereocenters. The Morgan fingerprint density at radius 2 is 2.00 bits per heavy atom. The fraction of sp³-hybridized carbons (Fsp3) is 0.125. The van der Waals surface area contributed by atoms with Gasteiger partial charge in [0.05, 0.1) is 11.9 Å². The Bertz CT molecular complexity index is 1210. The molecular weight excluding hydrogens is 394 g/mol. The van der Waals surface area contributed by atoms with Gasteiger partial charge < -0.3 is 9.47 Å². The lowest BCUT2D eigenvalue weighted by Crippen LogP contribution is -2.44. The van der Waals surface area contributed by atoms with Gasteiger partial charge in [0, 0.05) is 5.56 Å². The molecule has 0 bridgehead atoms. The lowest BCUT2D eigenvalue weighted by Gasteiger charge is -2.28. The van der Waals surface area contributed by atoms with Crippen molar-refractivity contribution in [2.75, 3.05) is 24.7 Å². The zero-order valence-corrected chi connectivity index (χ0v) is 16.6. The first-order chi connectivity index (χ1) is 15.2.